The predicted molar refractivity (Wildman–Crippen MR) is 119 cm³/mol. The first-order chi connectivity index (χ1) is 16.2. The number of hydrogen-bond donors (Lipinski definition) is 3. The first-order valence-corrected chi connectivity index (χ1v) is 11.8. The van der Waals surface area contributed by atoms with E-state index < -0.39 is 56.6 Å². The molecule has 6 atom stereocenters. The number of esters is 1. The maximum Gasteiger partial charge on any atom is 0.459 e. The third kappa shape index (κ3) is 6.00. The van der Waals surface area contributed by atoms with E-state index in [1.807, 2.05) is 0 Å². The number of anilines is 1. The highest BCUT2D eigenvalue weighted by atomic mass is 31.2. The molecule has 0 radical (unpaired) electrons. The fourth-order valence-electron chi connectivity index (χ4n) is 3.30. The van der Waals surface area contributed by atoms with Crippen molar-refractivity contribution in [3.8, 4) is 5.75 Å². The fourth-order valence-corrected chi connectivity index (χ4v) is 4.80. The number of methoxy groups -OCH3 is 2. The Bertz CT molecular complexity index is 1080. The van der Waals surface area contributed by atoms with Gasteiger partial charge in [0.05, 0.1) is 13.7 Å². The van der Waals surface area contributed by atoms with Gasteiger partial charge >= 0.3 is 19.4 Å². The van der Waals surface area contributed by atoms with Gasteiger partial charge in [0.2, 0.25) is 0 Å². The highest BCUT2D eigenvalue weighted by Gasteiger charge is 2.47. The van der Waals surface area contributed by atoms with Gasteiger partial charge < -0.3 is 29.6 Å². The zero-order valence-electron chi connectivity index (χ0n) is 18.8. The second-order valence-electron chi connectivity index (χ2n) is 7.37. The minimum Gasteiger partial charge on any atom is -0.468 e. The summed E-state index contributed by atoms with van der Waals surface area (Å²) in [6.07, 6.45) is -2.98. The Morgan fingerprint density at radius 2 is 2.03 bits per heavy atom. The minimum absolute atomic E-state index is 0.0263. The monoisotopic (exact) mass is 498 g/mol. The molecule has 34 heavy (non-hydrogen) atoms. The lowest BCUT2D eigenvalue weighted by atomic mass is 10.1. The summed E-state index contributed by atoms with van der Waals surface area (Å²) >= 11 is 0. The van der Waals surface area contributed by atoms with Crippen LogP contribution in [0.2, 0.25) is 0 Å². The summed E-state index contributed by atoms with van der Waals surface area (Å²) in [5.74, 6) is -0.443. The minimum atomic E-state index is -4.16. The molecule has 1 aromatic heterocycles. The van der Waals surface area contributed by atoms with Gasteiger partial charge in [-0.2, -0.15) is 10.1 Å². The van der Waals surface area contributed by atoms with Crippen molar-refractivity contribution in [3.63, 3.8) is 0 Å². The van der Waals surface area contributed by atoms with Crippen LogP contribution in [0.3, 0.4) is 0 Å². The smallest absolute Gasteiger partial charge is 0.459 e. The Morgan fingerprint density at radius 3 is 2.65 bits per heavy atom. The van der Waals surface area contributed by atoms with E-state index in [1.165, 1.54) is 33.4 Å². The number of aromatic nitrogens is 2. The number of hydrogen-bond acceptors (Lipinski definition) is 11. The number of carbonyl (C=O) groups excluding carboxylic acids is 1. The van der Waals surface area contributed by atoms with Gasteiger partial charge in [-0.05, 0) is 25.1 Å². The lowest BCUT2D eigenvalue weighted by Gasteiger charge is -2.24. The molecule has 2 unspecified atom stereocenters. The predicted octanol–water partition coefficient (Wildman–Crippen LogP) is 0.454. The van der Waals surface area contributed by atoms with Crippen molar-refractivity contribution in [2.45, 2.75) is 37.5 Å². The molecule has 1 aliphatic heterocycles. The van der Waals surface area contributed by atoms with Crippen molar-refractivity contribution in [1.82, 2.24) is 14.6 Å². The molecule has 14 heteroatoms. The molecular weight excluding hydrogens is 471 g/mol. The van der Waals surface area contributed by atoms with Crippen LogP contribution in [0.1, 0.15) is 13.2 Å². The van der Waals surface area contributed by atoms with Gasteiger partial charge in [0, 0.05) is 13.3 Å². The highest BCUT2D eigenvalue weighted by molar-refractivity contribution is 7.52. The van der Waals surface area contributed by atoms with E-state index in [9.17, 15) is 19.3 Å². The number of nitrogen functional groups attached to an aromatic ring is 1. The second-order valence-corrected chi connectivity index (χ2v) is 9.06. The van der Waals surface area contributed by atoms with E-state index >= 15 is 0 Å². The Labute approximate surface area is 195 Å². The summed E-state index contributed by atoms with van der Waals surface area (Å²) in [5, 5.41) is 13.2. The first-order valence-electron chi connectivity index (χ1n) is 10.2. The largest absolute Gasteiger partial charge is 0.468 e. The van der Waals surface area contributed by atoms with Crippen LogP contribution in [-0.4, -0.2) is 65.8 Å². The van der Waals surface area contributed by atoms with Gasteiger partial charge in [-0.25, -0.2) is 9.36 Å². The standard InChI is InChI=1S/C20H27N4O9P/c1-12(19(26)30-3)23-34(28,33-13-7-5-4-6-8-13)31-11-14-16(25)17(29-2)18(32-14)24-10-9-15(21)22-20(24)27/h4-10,12,14,16-18,25H,11H2,1-3H3,(H,23,28)(H2,21,22,27)/t12-,14+,16-,17?,18+,34?/m0/s1. The number of aliphatic hydroxyl groups excluding tert-OH is 1. The van der Waals surface area contributed by atoms with Crippen molar-refractivity contribution < 1.29 is 37.7 Å². The number of carbonyl (C=O) groups is 1. The van der Waals surface area contributed by atoms with Gasteiger partial charge in [0.1, 0.15) is 35.9 Å². The van der Waals surface area contributed by atoms with Crippen molar-refractivity contribution in [2.24, 2.45) is 0 Å². The molecule has 1 aromatic carbocycles. The van der Waals surface area contributed by atoms with E-state index in [0.29, 0.717) is 0 Å². The van der Waals surface area contributed by atoms with E-state index in [0.717, 1.165) is 4.57 Å². The number of rotatable bonds is 10. The van der Waals surface area contributed by atoms with Gasteiger partial charge in [-0.3, -0.25) is 13.9 Å². The number of benzene rings is 1. The Balaban J connectivity index is 1.78. The number of nitrogens with two attached hydrogens (primary N) is 1. The maximum atomic E-state index is 13.5. The fraction of sp³-hybridized carbons (Fsp3) is 0.450. The van der Waals surface area contributed by atoms with E-state index in [1.54, 1.807) is 30.3 Å². The molecule has 4 N–H and O–H groups in total. The summed E-state index contributed by atoms with van der Waals surface area (Å²) in [6, 6.07) is 8.54. The summed E-state index contributed by atoms with van der Waals surface area (Å²) in [5.41, 5.74) is 4.83. The van der Waals surface area contributed by atoms with Crippen molar-refractivity contribution >= 4 is 19.5 Å². The SMILES string of the molecule is COC(=O)[C@H](C)NP(=O)(OC[C@H]1O[C@@H](n2ccc(N)nc2=O)C(OC)[C@H]1O)Oc1ccccc1. The molecule has 1 saturated heterocycles. The third-order valence-corrected chi connectivity index (χ3v) is 6.64. The number of para-hydroxylation sites is 1. The van der Waals surface area contributed by atoms with Gasteiger partial charge in [0.25, 0.3) is 0 Å². The summed E-state index contributed by atoms with van der Waals surface area (Å²) < 4.78 is 41.4. The third-order valence-electron chi connectivity index (χ3n) is 4.99. The molecule has 0 bridgehead atoms. The number of nitrogens with one attached hydrogen (secondary N) is 1. The Morgan fingerprint density at radius 1 is 1.32 bits per heavy atom. The molecule has 1 fully saturated rings. The zero-order valence-corrected chi connectivity index (χ0v) is 19.7. The van der Waals surface area contributed by atoms with E-state index in [2.05, 4.69) is 14.8 Å². The first kappa shape index (κ1) is 25.8. The highest BCUT2D eigenvalue weighted by Crippen LogP contribution is 2.46. The molecule has 0 aliphatic carbocycles. The average molecular weight is 498 g/mol. The molecule has 0 amide bonds. The van der Waals surface area contributed by atoms with Crippen LogP contribution in [0, 0.1) is 0 Å². The van der Waals surface area contributed by atoms with E-state index in [4.69, 9.17) is 24.3 Å². The quantitative estimate of drug-likeness (QED) is 0.305. The molecule has 0 spiro atoms. The maximum absolute atomic E-state index is 13.5. The molecule has 1 aliphatic rings. The van der Waals surface area contributed by atoms with Crippen LogP contribution in [0.15, 0.2) is 47.4 Å². The zero-order chi connectivity index (χ0) is 24.9. The molecule has 0 saturated carbocycles. The van der Waals surface area contributed by atoms with Gasteiger partial charge in [-0.1, -0.05) is 18.2 Å². The number of aliphatic hydroxyl groups is 1. The normalized spacial score (nSPS) is 24.8. The molecule has 2 heterocycles. The van der Waals surface area contributed by atoms with Crippen LogP contribution < -0.4 is 21.0 Å². The van der Waals surface area contributed by atoms with Gasteiger partial charge in [-0.15, -0.1) is 0 Å². The van der Waals surface area contributed by atoms with E-state index in [-0.39, 0.29) is 11.6 Å². The van der Waals surface area contributed by atoms with Crippen molar-refractivity contribution in [3.05, 3.63) is 53.1 Å². The van der Waals surface area contributed by atoms with Crippen LogP contribution in [0.25, 0.3) is 0 Å². The lowest BCUT2D eigenvalue weighted by molar-refractivity contribution is -0.142. The molecule has 3 rings (SSSR count). The Kier molecular flexibility index (Phi) is 8.42. The van der Waals surface area contributed by atoms with Crippen LogP contribution in [0.5, 0.6) is 5.75 Å². The average Bonchev–Trinajstić information content (AvgIpc) is 3.12. The van der Waals surface area contributed by atoms with Crippen LogP contribution >= 0.6 is 7.75 Å². The molecule has 13 nitrogen and oxygen atoms in total. The van der Waals surface area contributed by atoms with Crippen molar-refractivity contribution in [1.29, 1.82) is 0 Å². The van der Waals surface area contributed by atoms with Gasteiger partial charge in [0.15, 0.2) is 6.23 Å². The molecule has 186 valence electrons. The number of ether oxygens (including phenoxy) is 3. The molecule has 2 aromatic rings. The summed E-state index contributed by atoms with van der Waals surface area (Å²) in [7, 11) is -1.63. The second kappa shape index (κ2) is 11.1. The van der Waals surface area contributed by atoms with Crippen LogP contribution in [0.4, 0.5) is 5.82 Å². The van der Waals surface area contributed by atoms with Crippen molar-refractivity contribution in [2.75, 3.05) is 26.6 Å². The lowest BCUT2D eigenvalue weighted by Crippen LogP contribution is -2.38. The Hall–Kier alpha value is -2.80. The summed E-state index contributed by atoms with van der Waals surface area (Å²) in [4.78, 5) is 27.7. The topological polar surface area (TPSA) is 173 Å². The molecular formula is C20H27N4O9P. The number of nitrogens with zero attached hydrogens (tertiary/aromatic N) is 2. The summed E-state index contributed by atoms with van der Waals surface area (Å²) in [6.45, 7) is 0.994. The van der Waals surface area contributed by atoms with Crippen LogP contribution in [-0.2, 0) is 28.1 Å².